The van der Waals surface area contributed by atoms with Gasteiger partial charge in [-0.15, -0.1) is 0 Å². The number of ether oxygens (including phenoxy) is 2. The molecule has 0 aliphatic rings. The molecular formula is C20H19NO2S. The molecule has 3 rings (SSSR count). The Morgan fingerprint density at radius 1 is 0.958 bits per heavy atom. The van der Waals surface area contributed by atoms with Crippen LogP contribution >= 0.6 is 12.2 Å². The summed E-state index contributed by atoms with van der Waals surface area (Å²) in [4.78, 5) is 0. The quantitative estimate of drug-likeness (QED) is 0.605. The van der Waals surface area contributed by atoms with Crippen molar-refractivity contribution in [3.05, 3.63) is 82.6 Å². The molecule has 0 aliphatic carbocycles. The van der Waals surface area contributed by atoms with Gasteiger partial charge in [-0.05, 0) is 42.8 Å². The molecule has 2 aromatic carbocycles. The highest BCUT2D eigenvalue weighted by atomic mass is 32.1. The molecule has 24 heavy (non-hydrogen) atoms. The van der Waals surface area contributed by atoms with E-state index in [-0.39, 0.29) is 0 Å². The van der Waals surface area contributed by atoms with E-state index < -0.39 is 0 Å². The van der Waals surface area contributed by atoms with Crippen molar-refractivity contribution in [2.45, 2.75) is 13.5 Å². The van der Waals surface area contributed by atoms with E-state index in [0.29, 0.717) is 11.1 Å². The molecule has 0 spiro atoms. The van der Waals surface area contributed by atoms with Gasteiger partial charge in [-0.3, -0.25) is 0 Å². The number of hydrogen-bond donors (Lipinski definition) is 0. The fourth-order valence-electron chi connectivity index (χ4n) is 2.54. The molecule has 0 aliphatic heterocycles. The second-order valence-corrected chi connectivity index (χ2v) is 5.88. The number of methoxy groups -OCH3 is 1. The molecule has 122 valence electrons. The van der Waals surface area contributed by atoms with Crippen molar-refractivity contribution in [2.75, 3.05) is 7.11 Å². The second-order valence-electron chi connectivity index (χ2n) is 5.44. The number of pyridine rings is 1. The molecule has 3 nitrogen and oxygen atoms in total. The molecule has 0 radical (unpaired) electrons. The van der Waals surface area contributed by atoms with Crippen molar-refractivity contribution in [1.29, 1.82) is 0 Å². The Morgan fingerprint density at radius 2 is 1.67 bits per heavy atom. The fourth-order valence-corrected chi connectivity index (χ4v) is 2.81. The van der Waals surface area contributed by atoms with Crippen LogP contribution in [0.4, 0.5) is 0 Å². The van der Waals surface area contributed by atoms with Gasteiger partial charge in [0.25, 0.3) is 0 Å². The van der Waals surface area contributed by atoms with Crippen LogP contribution in [-0.4, -0.2) is 11.7 Å². The highest BCUT2D eigenvalue weighted by Crippen LogP contribution is 2.24. The molecule has 0 atom stereocenters. The van der Waals surface area contributed by atoms with Crippen LogP contribution in [0, 0.1) is 11.4 Å². The molecule has 0 unspecified atom stereocenters. The van der Waals surface area contributed by atoms with Gasteiger partial charge in [-0.1, -0.05) is 42.5 Å². The summed E-state index contributed by atoms with van der Waals surface area (Å²) in [6.45, 7) is 2.49. The second kappa shape index (κ2) is 7.32. The van der Waals surface area contributed by atoms with Crippen LogP contribution in [0.3, 0.4) is 0 Å². The SMILES string of the molecule is COc1ccc(COc2c(C)n(-c3ccccc3)ccc2=S)cc1. The standard InChI is InChI=1S/C20H19NO2S/c1-15-20(23-14-16-8-10-18(22-2)11-9-16)19(24)12-13-21(15)17-6-4-3-5-7-17/h3-13H,14H2,1-2H3. The zero-order valence-corrected chi connectivity index (χ0v) is 14.5. The summed E-state index contributed by atoms with van der Waals surface area (Å²) in [6.07, 6.45) is 1.98. The highest BCUT2D eigenvalue weighted by Gasteiger charge is 2.08. The van der Waals surface area contributed by atoms with E-state index in [9.17, 15) is 0 Å². The molecule has 4 heteroatoms. The third-order valence-corrected chi connectivity index (χ3v) is 4.19. The summed E-state index contributed by atoms with van der Waals surface area (Å²) in [5, 5.41) is 0. The van der Waals surface area contributed by atoms with Crippen LogP contribution in [-0.2, 0) is 6.61 Å². The van der Waals surface area contributed by atoms with E-state index in [1.54, 1.807) is 7.11 Å². The Hall–Kier alpha value is -2.59. The van der Waals surface area contributed by atoms with Gasteiger partial charge in [0.05, 0.1) is 17.3 Å². The summed E-state index contributed by atoms with van der Waals surface area (Å²) in [7, 11) is 1.66. The Balaban J connectivity index is 1.86. The minimum atomic E-state index is 0.466. The van der Waals surface area contributed by atoms with Gasteiger partial charge >= 0.3 is 0 Å². The monoisotopic (exact) mass is 337 g/mol. The maximum Gasteiger partial charge on any atom is 0.157 e. The Bertz CT molecular complexity index is 870. The highest BCUT2D eigenvalue weighted by molar-refractivity contribution is 7.71. The Morgan fingerprint density at radius 3 is 2.33 bits per heavy atom. The van der Waals surface area contributed by atoms with Crippen molar-refractivity contribution in [3.8, 4) is 17.2 Å². The van der Waals surface area contributed by atoms with Crippen molar-refractivity contribution in [2.24, 2.45) is 0 Å². The summed E-state index contributed by atoms with van der Waals surface area (Å²) in [6, 6.07) is 19.9. The molecule has 3 aromatic rings. The van der Waals surface area contributed by atoms with E-state index >= 15 is 0 Å². The maximum absolute atomic E-state index is 6.02. The lowest BCUT2D eigenvalue weighted by Gasteiger charge is -2.16. The Labute approximate surface area is 147 Å². The summed E-state index contributed by atoms with van der Waals surface area (Å²) < 4.78 is 14.0. The number of nitrogens with zero attached hydrogens (tertiary/aromatic N) is 1. The summed E-state index contributed by atoms with van der Waals surface area (Å²) >= 11 is 5.45. The average Bonchev–Trinajstić information content (AvgIpc) is 2.63. The normalized spacial score (nSPS) is 10.4. The first-order chi connectivity index (χ1) is 11.7. The zero-order valence-electron chi connectivity index (χ0n) is 13.7. The van der Waals surface area contributed by atoms with Crippen molar-refractivity contribution < 1.29 is 9.47 Å². The molecule has 0 bridgehead atoms. The molecule has 1 aromatic heterocycles. The van der Waals surface area contributed by atoms with Gasteiger partial charge in [-0.25, -0.2) is 0 Å². The number of para-hydroxylation sites is 1. The van der Waals surface area contributed by atoms with Crippen LogP contribution in [0.2, 0.25) is 0 Å². The largest absolute Gasteiger partial charge is 0.497 e. The van der Waals surface area contributed by atoms with Gasteiger partial charge in [0, 0.05) is 11.9 Å². The third-order valence-electron chi connectivity index (χ3n) is 3.87. The predicted molar refractivity (Wildman–Crippen MR) is 98.7 cm³/mol. The summed E-state index contributed by atoms with van der Waals surface area (Å²) in [5.74, 6) is 1.58. The summed E-state index contributed by atoms with van der Waals surface area (Å²) in [5.41, 5.74) is 3.14. The molecule has 0 fully saturated rings. The number of hydrogen-bond acceptors (Lipinski definition) is 3. The molecular weight excluding hydrogens is 318 g/mol. The number of aromatic nitrogens is 1. The molecule has 1 heterocycles. The third kappa shape index (κ3) is 3.49. The van der Waals surface area contributed by atoms with Gasteiger partial charge in [-0.2, -0.15) is 0 Å². The van der Waals surface area contributed by atoms with Crippen LogP contribution in [0.25, 0.3) is 5.69 Å². The van der Waals surface area contributed by atoms with E-state index in [1.165, 1.54) is 0 Å². The van der Waals surface area contributed by atoms with Crippen molar-refractivity contribution in [1.82, 2.24) is 4.57 Å². The Kier molecular flexibility index (Phi) is 4.96. The number of benzene rings is 2. The van der Waals surface area contributed by atoms with E-state index in [1.807, 2.05) is 61.7 Å². The lowest BCUT2D eigenvalue weighted by atomic mass is 10.2. The lowest BCUT2D eigenvalue weighted by molar-refractivity contribution is 0.300. The van der Waals surface area contributed by atoms with Crippen molar-refractivity contribution >= 4 is 12.2 Å². The van der Waals surface area contributed by atoms with E-state index in [2.05, 4.69) is 16.7 Å². The van der Waals surface area contributed by atoms with Gasteiger partial charge in [0.2, 0.25) is 0 Å². The first kappa shape index (κ1) is 16.3. The first-order valence-electron chi connectivity index (χ1n) is 7.72. The lowest BCUT2D eigenvalue weighted by Crippen LogP contribution is -2.05. The topological polar surface area (TPSA) is 23.4 Å². The molecule has 0 saturated carbocycles. The predicted octanol–water partition coefficient (Wildman–Crippen LogP) is 5.10. The minimum Gasteiger partial charge on any atom is -0.497 e. The van der Waals surface area contributed by atoms with Crippen LogP contribution < -0.4 is 9.47 Å². The zero-order chi connectivity index (χ0) is 16.9. The van der Waals surface area contributed by atoms with Gasteiger partial charge < -0.3 is 14.0 Å². The first-order valence-corrected chi connectivity index (χ1v) is 8.13. The maximum atomic E-state index is 6.02. The molecule has 0 saturated heterocycles. The van der Waals surface area contributed by atoms with E-state index in [0.717, 1.165) is 28.4 Å². The van der Waals surface area contributed by atoms with Crippen LogP contribution in [0.1, 0.15) is 11.3 Å². The average molecular weight is 337 g/mol. The number of rotatable bonds is 5. The molecule has 0 N–H and O–H groups in total. The van der Waals surface area contributed by atoms with E-state index in [4.69, 9.17) is 21.7 Å². The fraction of sp³-hybridized carbons (Fsp3) is 0.150. The van der Waals surface area contributed by atoms with Gasteiger partial charge in [0.1, 0.15) is 12.4 Å². The molecule has 0 amide bonds. The smallest absolute Gasteiger partial charge is 0.157 e. The van der Waals surface area contributed by atoms with Crippen LogP contribution in [0.15, 0.2) is 66.9 Å². The van der Waals surface area contributed by atoms with Crippen LogP contribution in [0.5, 0.6) is 11.5 Å². The van der Waals surface area contributed by atoms with Gasteiger partial charge in [0.15, 0.2) is 5.75 Å². The van der Waals surface area contributed by atoms with Crippen molar-refractivity contribution in [3.63, 3.8) is 0 Å². The minimum absolute atomic E-state index is 0.466.